The Balaban J connectivity index is 1.56. The Kier molecular flexibility index (Phi) is 7.44. The predicted molar refractivity (Wildman–Crippen MR) is 125 cm³/mol. The number of hydrogen-bond acceptors (Lipinski definition) is 8. The zero-order valence-electron chi connectivity index (χ0n) is 18.7. The van der Waals surface area contributed by atoms with Gasteiger partial charge < -0.3 is 14.2 Å². The van der Waals surface area contributed by atoms with Gasteiger partial charge in [-0.3, -0.25) is 14.6 Å². The minimum Gasteiger partial charge on any atom is -0.496 e. The minimum absolute atomic E-state index is 0.117. The van der Waals surface area contributed by atoms with E-state index in [4.69, 9.17) is 25.8 Å². The maximum Gasteiger partial charge on any atom is 0.327 e. The lowest BCUT2D eigenvalue weighted by Crippen LogP contribution is -2.53. The second-order valence-electron chi connectivity index (χ2n) is 8.45. The largest absolute Gasteiger partial charge is 0.496 e. The topological polar surface area (TPSA) is 87.6 Å². The number of ketones is 1. The molecular formula is C24H27ClN2O5S. The molecule has 1 aromatic carbocycles. The number of nitrogens with zero attached hydrogens (tertiary/aromatic N) is 2. The van der Waals surface area contributed by atoms with Crippen molar-refractivity contribution in [1.82, 2.24) is 9.97 Å². The van der Waals surface area contributed by atoms with Gasteiger partial charge in [0.15, 0.2) is 11.0 Å². The average molecular weight is 491 g/mol. The fraction of sp³-hybridized carbons (Fsp3) is 0.500. The van der Waals surface area contributed by atoms with E-state index in [9.17, 15) is 9.59 Å². The number of Topliss-reactive ketones (excluding diaryl/α,β-unsaturated/α-hetero) is 1. The van der Waals surface area contributed by atoms with E-state index in [-0.39, 0.29) is 18.1 Å². The third-order valence-electron chi connectivity index (χ3n) is 6.53. The van der Waals surface area contributed by atoms with Crippen molar-refractivity contribution in [1.29, 1.82) is 0 Å². The summed E-state index contributed by atoms with van der Waals surface area (Å²) in [6.07, 6.45) is 9.97. The monoisotopic (exact) mass is 490 g/mol. The first-order chi connectivity index (χ1) is 16.0. The number of halogens is 1. The van der Waals surface area contributed by atoms with Crippen molar-refractivity contribution in [2.45, 2.75) is 60.8 Å². The number of ether oxygens (including phenoxy) is 3. The summed E-state index contributed by atoms with van der Waals surface area (Å²) in [6, 6.07) is 3.58. The molecule has 0 spiro atoms. The maximum atomic E-state index is 13.2. The Morgan fingerprint density at radius 2 is 1.91 bits per heavy atom. The second-order valence-corrected chi connectivity index (χ2v) is 9.98. The van der Waals surface area contributed by atoms with Crippen LogP contribution in [-0.2, 0) is 20.7 Å². The molecule has 1 saturated carbocycles. The molecule has 0 bridgehead atoms. The lowest BCUT2D eigenvalue weighted by molar-refractivity contribution is -0.177. The molecule has 0 radical (unpaired) electrons. The number of rotatable bonds is 8. The molecule has 7 nitrogen and oxygen atoms in total. The summed E-state index contributed by atoms with van der Waals surface area (Å²) in [7, 11) is 3.15. The SMILES string of the molecule is COc1cc(OC)c(CCC2(C3CCCC3)CC(=O)C(Sc3cnccn3)C(=O)O2)cc1Cl. The molecule has 2 heterocycles. The van der Waals surface area contributed by atoms with Crippen LogP contribution in [0, 0.1) is 5.92 Å². The van der Waals surface area contributed by atoms with Crippen molar-refractivity contribution in [3.8, 4) is 11.5 Å². The summed E-state index contributed by atoms with van der Waals surface area (Å²) < 4.78 is 17.0. The third-order valence-corrected chi connectivity index (χ3v) is 7.97. The van der Waals surface area contributed by atoms with Gasteiger partial charge in [-0.15, -0.1) is 0 Å². The summed E-state index contributed by atoms with van der Waals surface area (Å²) in [5, 5.41) is 0.0975. The summed E-state index contributed by atoms with van der Waals surface area (Å²) >= 11 is 7.45. The molecule has 1 aliphatic heterocycles. The van der Waals surface area contributed by atoms with E-state index >= 15 is 0 Å². The molecule has 2 atom stereocenters. The van der Waals surface area contributed by atoms with Crippen LogP contribution < -0.4 is 9.47 Å². The summed E-state index contributed by atoms with van der Waals surface area (Å²) in [4.78, 5) is 34.5. The van der Waals surface area contributed by atoms with Gasteiger partial charge in [-0.2, -0.15) is 0 Å². The molecule has 2 aliphatic rings. The number of aromatic nitrogens is 2. The molecule has 33 heavy (non-hydrogen) atoms. The number of hydrogen-bond donors (Lipinski definition) is 0. The minimum atomic E-state index is -0.916. The van der Waals surface area contributed by atoms with Gasteiger partial charge in [-0.05, 0) is 43.2 Å². The molecular weight excluding hydrogens is 464 g/mol. The summed E-state index contributed by atoms with van der Waals surface area (Å²) in [6.45, 7) is 0. The Bertz CT molecular complexity index is 995. The second kappa shape index (κ2) is 10.3. The number of carbonyl (C=O) groups is 2. The van der Waals surface area contributed by atoms with Gasteiger partial charge in [0.25, 0.3) is 0 Å². The quantitative estimate of drug-likeness (QED) is 0.389. The van der Waals surface area contributed by atoms with Gasteiger partial charge in [0.1, 0.15) is 22.1 Å². The van der Waals surface area contributed by atoms with E-state index in [0.29, 0.717) is 34.4 Å². The van der Waals surface area contributed by atoms with Crippen molar-refractivity contribution in [3.63, 3.8) is 0 Å². The normalized spacial score (nSPS) is 23.4. The van der Waals surface area contributed by atoms with Gasteiger partial charge in [0, 0.05) is 24.9 Å². The van der Waals surface area contributed by atoms with E-state index in [1.54, 1.807) is 32.7 Å². The van der Waals surface area contributed by atoms with E-state index in [1.165, 1.54) is 6.20 Å². The first-order valence-corrected chi connectivity index (χ1v) is 12.3. The Labute approximate surface area is 202 Å². The molecule has 1 saturated heterocycles. The van der Waals surface area contributed by atoms with Crippen LogP contribution in [0.3, 0.4) is 0 Å². The average Bonchev–Trinajstić information content (AvgIpc) is 3.37. The number of cyclic esters (lactones) is 1. The lowest BCUT2D eigenvalue weighted by Gasteiger charge is -2.42. The zero-order chi connectivity index (χ0) is 23.4. The van der Waals surface area contributed by atoms with Gasteiger partial charge in [0.05, 0.1) is 25.4 Å². The van der Waals surface area contributed by atoms with Crippen LogP contribution in [0.4, 0.5) is 0 Å². The first-order valence-electron chi connectivity index (χ1n) is 11.0. The Morgan fingerprint density at radius 1 is 1.15 bits per heavy atom. The van der Waals surface area contributed by atoms with Crippen LogP contribution in [0.15, 0.2) is 35.7 Å². The zero-order valence-corrected chi connectivity index (χ0v) is 20.3. The van der Waals surface area contributed by atoms with Crippen LogP contribution in [-0.4, -0.2) is 46.8 Å². The molecule has 0 amide bonds. The maximum absolute atomic E-state index is 13.2. The highest BCUT2D eigenvalue weighted by atomic mass is 35.5. The van der Waals surface area contributed by atoms with Gasteiger partial charge in [0.2, 0.25) is 0 Å². The van der Waals surface area contributed by atoms with Gasteiger partial charge in [-0.1, -0.05) is 36.2 Å². The van der Waals surface area contributed by atoms with E-state index in [1.807, 2.05) is 6.07 Å². The van der Waals surface area contributed by atoms with Gasteiger partial charge in [-0.25, -0.2) is 4.98 Å². The number of aryl methyl sites for hydroxylation is 1. The first kappa shape index (κ1) is 23.8. The van der Waals surface area contributed by atoms with E-state index in [2.05, 4.69) is 9.97 Å². The molecule has 0 N–H and O–H groups in total. The smallest absolute Gasteiger partial charge is 0.327 e. The Morgan fingerprint density at radius 3 is 2.55 bits per heavy atom. The van der Waals surface area contributed by atoms with Crippen molar-refractivity contribution >= 4 is 35.1 Å². The number of thioether (sulfide) groups is 1. The van der Waals surface area contributed by atoms with Crippen LogP contribution in [0.2, 0.25) is 5.02 Å². The van der Waals surface area contributed by atoms with Crippen molar-refractivity contribution in [2.24, 2.45) is 5.92 Å². The predicted octanol–water partition coefficient (Wildman–Crippen LogP) is 4.69. The van der Waals surface area contributed by atoms with Crippen LogP contribution in [0.1, 0.15) is 44.1 Å². The van der Waals surface area contributed by atoms with Crippen molar-refractivity contribution < 1.29 is 23.8 Å². The van der Waals surface area contributed by atoms with E-state index in [0.717, 1.165) is 43.0 Å². The van der Waals surface area contributed by atoms with Crippen molar-refractivity contribution in [3.05, 3.63) is 41.3 Å². The molecule has 1 aliphatic carbocycles. The highest BCUT2D eigenvalue weighted by molar-refractivity contribution is 8.01. The molecule has 2 fully saturated rings. The fourth-order valence-corrected chi connectivity index (χ4v) is 5.98. The standard InChI is InChI=1S/C24H27ClN2O5S/c1-30-19-12-20(31-2)17(25)11-15(19)7-8-24(16-5-3-4-6-16)13-18(28)22(23(29)32-24)33-21-14-26-9-10-27-21/h9-12,14,16,22H,3-8,13H2,1-2H3. The highest BCUT2D eigenvalue weighted by Crippen LogP contribution is 2.46. The lowest BCUT2D eigenvalue weighted by atomic mass is 9.76. The molecule has 176 valence electrons. The number of methoxy groups -OCH3 is 2. The van der Waals surface area contributed by atoms with Crippen molar-refractivity contribution in [2.75, 3.05) is 14.2 Å². The molecule has 2 unspecified atom stereocenters. The molecule has 2 aromatic rings. The molecule has 1 aromatic heterocycles. The summed E-state index contributed by atoms with van der Waals surface area (Å²) in [5.74, 6) is 0.739. The molecule has 9 heteroatoms. The fourth-order valence-electron chi connectivity index (χ4n) is 4.88. The molecule has 4 rings (SSSR count). The Hall–Kier alpha value is -2.32. The number of benzene rings is 1. The summed E-state index contributed by atoms with van der Waals surface area (Å²) in [5.41, 5.74) is 0.0712. The van der Waals surface area contributed by atoms with E-state index < -0.39 is 16.8 Å². The van der Waals surface area contributed by atoms with Gasteiger partial charge >= 0.3 is 5.97 Å². The highest BCUT2D eigenvalue weighted by Gasteiger charge is 2.52. The van der Waals surface area contributed by atoms with Crippen LogP contribution >= 0.6 is 23.4 Å². The number of esters is 1. The number of carbonyl (C=O) groups excluding carboxylic acids is 2. The van der Waals surface area contributed by atoms with Crippen LogP contribution in [0.5, 0.6) is 11.5 Å². The van der Waals surface area contributed by atoms with Crippen LogP contribution in [0.25, 0.3) is 0 Å². The third kappa shape index (κ3) is 5.11.